The van der Waals surface area contributed by atoms with Crippen LogP contribution in [0.3, 0.4) is 0 Å². The van der Waals surface area contributed by atoms with Gasteiger partial charge in [0.2, 0.25) is 0 Å². The zero-order valence-electron chi connectivity index (χ0n) is 15.4. The largest absolute Gasteiger partial charge is 0.444 e. The smallest absolute Gasteiger partial charge is 0.410 e. The number of carbonyl (C=O) groups is 1. The number of aryl methyl sites for hydroxylation is 1. The van der Waals surface area contributed by atoms with Gasteiger partial charge in [-0.1, -0.05) is 12.1 Å². The minimum atomic E-state index is -2.59. The highest BCUT2D eigenvalue weighted by atomic mass is 19.3. The van der Waals surface area contributed by atoms with Gasteiger partial charge in [-0.15, -0.1) is 0 Å². The van der Waals surface area contributed by atoms with Crippen molar-refractivity contribution in [3.05, 3.63) is 47.3 Å². The van der Waals surface area contributed by atoms with Gasteiger partial charge in [-0.05, 0) is 57.9 Å². The van der Waals surface area contributed by atoms with Gasteiger partial charge in [-0.25, -0.2) is 18.3 Å². The van der Waals surface area contributed by atoms with Gasteiger partial charge in [0.15, 0.2) is 0 Å². The highest BCUT2D eigenvalue weighted by Crippen LogP contribution is 2.35. The molecule has 1 fully saturated rings. The first-order chi connectivity index (χ1) is 12.2. The Hall–Kier alpha value is -2.44. The number of alkyl halides is 2. The molecule has 1 unspecified atom stereocenters. The van der Waals surface area contributed by atoms with E-state index in [1.54, 1.807) is 11.8 Å². The number of aromatic nitrogens is 2. The highest BCUT2D eigenvalue weighted by Gasteiger charge is 2.36. The molecule has 26 heavy (non-hydrogen) atoms. The third-order valence-electron chi connectivity index (χ3n) is 4.30. The molecule has 140 valence electrons. The fourth-order valence-corrected chi connectivity index (χ4v) is 2.98. The first-order valence-corrected chi connectivity index (χ1v) is 8.60. The molecule has 1 aromatic carbocycles. The number of ether oxygens (including phenoxy) is 1. The van der Waals surface area contributed by atoms with Gasteiger partial charge in [-0.2, -0.15) is 5.10 Å². The maximum Gasteiger partial charge on any atom is 0.410 e. The van der Waals surface area contributed by atoms with Gasteiger partial charge < -0.3 is 9.64 Å². The van der Waals surface area contributed by atoms with Crippen LogP contribution in [-0.2, 0) is 4.74 Å². The predicted octanol–water partition coefficient (Wildman–Crippen LogP) is 4.80. The molecule has 0 N–H and O–H groups in total. The van der Waals surface area contributed by atoms with Crippen molar-refractivity contribution >= 4 is 6.09 Å². The standard InChI is InChI=1S/C19H23F2N3O2/c1-12-11-15(17(20)21)22-24(12)14-7-5-13(6-8-14)16-9-10-23(16)18(25)26-19(2,3)4/h5-8,11,16-17H,9-10H2,1-4H3. The maximum atomic E-state index is 12.8. The molecule has 0 saturated carbocycles. The summed E-state index contributed by atoms with van der Waals surface area (Å²) in [5.74, 6) is 0. The molecule has 1 amide bonds. The van der Waals surface area contributed by atoms with E-state index < -0.39 is 12.0 Å². The van der Waals surface area contributed by atoms with E-state index in [1.807, 2.05) is 45.0 Å². The third kappa shape index (κ3) is 3.71. The van der Waals surface area contributed by atoms with Crippen molar-refractivity contribution in [1.29, 1.82) is 0 Å². The second-order valence-electron chi connectivity index (χ2n) is 7.49. The van der Waals surface area contributed by atoms with E-state index in [4.69, 9.17) is 4.74 Å². The van der Waals surface area contributed by atoms with Crippen LogP contribution in [0.2, 0.25) is 0 Å². The number of nitrogens with zero attached hydrogens (tertiary/aromatic N) is 3. The summed E-state index contributed by atoms with van der Waals surface area (Å²) >= 11 is 0. The fourth-order valence-electron chi connectivity index (χ4n) is 2.98. The Morgan fingerprint density at radius 1 is 1.27 bits per heavy atom. The monoisotopic (exact) mass is 363 g/mol. The summed E-state index contributed by atoms with van der Waals surface area (Å²) in [5, 5.41) is 3.95. The second-order valence-corrected chi connectivity index (χ2v) is 7.49. The van der Waals surface area contributed by atoms with Crippen LogP contribution in [0.5, 0.6) is 0 Å². The summed E-state index contributed by atoms with van der Waals surface area (Å²) in [4.78, 5) is 13.9. The Morgan fingerprint density at radius 3 is 2.38 bits per heavy atom. The molecule has 1 aromatic heterocycles. The summed E-state index contributed by atoms with van der Waals surface area (Å²) in [5.41, 5.74) is 1.58. The van der Waals surface area contributed by atoms with Crippen molar-refractivity contribution in [2.75, 3.05) is 6.54 Å². The summed E-state index contributed by atoms with van der Waals surface area (Å²) < 4.78 is 32.5. The summed E-state index contributed by atoms with van der Waals surface area (Å²) in [6.07, 6.45) is -2.04. The molecule has 0 spiro atoms. The minimum Gasteiger partial charge on any atom is -0.444 e. The van der Waals surface area contributed by atoms with Crippen LogP contribution < -0.4 is 0 Å². The molecule has 1 saturated heterocycles. The van der Waals surface area contributed by atoms with Crippen LogP contribution >= 0.6 is 0 Å². The van der Waals surface area contributed by atoms with Crippen LogP contribution in [0.15, 0.2) is 30.3 Å². The molecule has 1 aliphatic heterocycles. The molecule has 2 heterocycles. The fraction of sp³-hybridized carbons (Fsp3) is 0.474. The number of carbonyl (C=O) groups excluding carboxylic acids is 1. The summed E-state index contributed by atoms with van der Waals surface area (Å²) in [6.45, 7) is 7.93. The number of hydrogen-bond acceptors (Lipinski definition) is 3. The van der Waals surface area contributed by atoms with Crippen molar-refractivity contribution in [2.45, 2.75) is 52.2 Å². The van der Waals surface area contributed by atoms with E-state index in [0.29, 0.717) is 17.9 Å². The van der Waals surface area contributed by atoms with Crippen molar-refractivity contribution in [3.63, 3.8) is 0 Å². The van der Waals surface area contributed by atoms with Gasteiger partial charge in [-0.3, -0.25) is 0 Å². The SMILES string of the molecule is Cc1cc(C(F)F)nn1-c1ccc(C2CCN2C(=O)OC(C)(C)C)cc1. The lowest BCUT2D eigenvalue weighted by Crippen LogP contribution is -2.47. The molecule has 2 aromatic rings. The predicted molar refractivity (Wildman–Crippen MR) is 93.6 cm³/mol. The Balaban J connectivity index is 1.75. The van der Waals surface area contributed by atoms with Gasteiger partial charge in [0.1, 0.15) is 11.3 Å². The molecule has 1 atom stereocenters. The van der Waals surface area contributed by atoms with Gasteiger partial charge in [0.25, 0.3) is 6.43 Å². The molecule has 0 bridgehead atoms. The number of halogens is 2. The normalized spacial score (nSPS) is 17.3. The zero-order chi connectivity index (χ0) is 19.1. The van der Waals surface area contributed by atoms with E-state index in [0.717, 1.165) is 12.0 Å². The molecule has 1 aliphatic rings. The first-order valence-electron chi connectivity index (χ1n) is 8.60. The molecule has 7 heteroatoms. The minimum absolute atomic E-state index is 0.0192. The van der Waals surface area contributed by atoms with Gasteiger partial charge in [0.05, 0.1) is 11.7 Å². The Morgan fingerprint density at radius 2 is 1.92 bits per heavy atom. The van der Waals surface area contributed by atoms with Gasteiger partial charge in [0, 0.05) is 12.2 Å². The number of benzene rings is 1. The third-order valence-corrected chi connectivity index (χ3v) is 4.30. The van der Waals surface area contributed by atoms with Gasteiger partial charge >= 0.3 is 6.09 Å². The quantitative estimate of drug-likeness (QED) is 0.787. The average Bonchev–Trinajstić information content (AvgIpc) is 2.87. The van der Waals surface area contributed by atoms with E-state index >= 15 is 0 Å². The van der Waals surface area contributed by atoms with Crippen molar-refractivity contribution < 1.29 is 18.3 Å². The highest BCUT2D eigenvalue weighted by molar-refractivity contribution is 5.70. The van der Waals surface area contributed by atoms with Crippen LogP contribution in [0, 0.1) is 6.92 Å². The first kappa shape index (κ1) is 18.4. The number of amides is 1. The van der Waals surface area contributed by atoms with Crippen LogP contribution in [0.25, 0.3) is 5.69 Å². The summed E-state index contributed by atoms with van der Waals surface area (Å²) in [7, 11) is 0. The molecular formula is C19H23F2N3O2. The Bertz CT molecular complexity index is 794. The van der Waals surface area contributed by atoms with Crippen molar-refractivity contribution in [1.82, 2.24) is 14.7 Å². The lowest BCUT2D eigenvalue weighted by molar-refractivity contribution is -0.00574. The van der Waals surface area contributed by atoms with Crippen LogP contribution in [0.4, 0.5) is 13.6 Å². The lowest BCUT2D eigenvalue weighted by atomic mass is 9.95. The molecule has 0 aliphatic carbocycles. The lowest BCUT2D eigenvalue weighted by Gasteiger charge is -2.41. The topological polar surface area (TPSA) is 47.4 Å². The summed E-state index contributed by atoms with van der Waals surface area (Å²) in [6, 6.07) is 8.83. The molecule has 3 rings (SSSR count). The van der Waals surface area contributed by atoms with E-state index in [1.165, 1.54) is 10.7 Å². The number of likely N-dealkylation sites (tertiary alicyclic amines) is 1. The van der Waals surface area contributed by atoms with Crippen LogP contribution in [-0.4, -0.2) is 32.9 Å². The second kappa shape index (κ2) is 6.70. The van der Waals surface area contributed by atoms with E-state index in [9.17, 15) is 13.6 Å². The Kier molecular flexibility index (Phi) is 4.73. The number of rotatable bonds is 3. The zero-order valence-corrected chi connectivity index (χ0v) is 15.4. The van der Waals surface area contributed by atoms with E-state index in [-0.39, 0.29) is 17.8 Å². The molecule has 5 nitrogen and oxygen atoms in total. The van der Waals surface area contributed by atoms with Crippen molar-refractivity contribution in [3.8, 4) is 5.69 Å². The van der Waals surface area contributed by atoms with E-state index in [2.05, 4.69) is 5.10 Å². The molecular weight excluding hydrogens is 340 g/mol. The maximum absolute atomic E-state index is 12.8. The number of hydrogen-bond donors (Lipinski definition) is 0. The molecule has 0 radical (unpaired) electrons. The van der Waals surface area contributed by atoms with Crippen molar-refractivity contribution in [2.24, 2.45) is 0 Å². The van der Waals surface area contributed by atoms with Crippen LogP contribution in [0.1, 0.15) is 56.6 Å². The Labute approximate surface area is 151 Å². The average molecular weight is 363 g/mol.